The van der Waals surface area contributed by atoms with Crippen LogP contribution in [-0.2, 0) is 9.59 Å². The van der Waals surface area contributed by atoms with Gasteiger partial charge in [-0.1, -0.05) is 23.7 Å². The van der Waals surface area contributed by atoms with E-state index in [1.807, 2.05) is 6.07 Å². The third kappa shape index (κ3) is 4.37. The number of hydrogen-bond donors (Lipinski definition) is 2. The highest BCUT2D eigenvalue weighted by Gasteiger charge is 2.28. The Morgan fingerprint density at radius 1 is 1.12 bits per heavy atom. The van der Waals surface area contributed by atoms with Gasteiger partial charge in [-0.2, -0.15) is 0 Å². The molecule has 0 aliphatic carbocycles. The van der Waals surface area contributed by atoms with E-state index in [0.29, 0.717) is 22.3 Å². The van der Waals surface area contributed by atoms with Crippen LogP contribution in [-0.4, -0.2) is 30.6 Å². The summed E-state index contributed by atoms with van der Waals surface area (Å²) in [4.78, 5) is 24.2. The summed E-state index contributed by atoms with van der Waals surface area (Å²) in [6.45, 7) is 1.61. The van der Waals surface area contributed by atoms with Crippen LogP contribution in [0.1, 0.15) is 6.92 Å². The van der Waals surface area contributed by atoms with Crippen LogP contribution in [0.2, 0.25) is 5.02 Å². The Morgan fingerprint density at radius 2 is 1.81 bits per heavy atom. The molecule has 0 bridgehead atoms. The number of carbonyl (C=O) groups is 2. The van der Waals surface area contributed by atoms with Gasteiger partial charge in [-0.15, -0.1) is 0 Å². The van der Waals surface area contributed by atoms with Crippen LogP contribution in [0, 0.1) is 0 Å². The van der Waals surface area contributed by atoms with Crippen LogP contribution in [0.4, 0.5) is 0 Å². The van der Waals surface area contributed by atoms with Gasteiger partial charge in [-0.3, -0.25) is 20.4 Å². The summed E-state index contributed by atoms with van der Waals surface area (Å²) in [5.74, 6) is 0.510. The molecule has 136 valence electrons. The molecule has 2 amide bonds. The lowest BCUT2D eigenvalue weighted by Crippen LogP contribution is -2.53. The summed E-state index contributed by atoms with van der Waals surface area (Å²) in [6, 6.07) is 13.6. The van der Waals surface area contributed by atoms with E-state index in [0.717, 1.165) is 0 Å². The highest BCUT2D eigenvalue weighted by molar-refractivity contribution is 6.30. The minimum absolute atomic E-state index is 0.0511. The van der Waals surface area contributed by atoms with E-state index in [2.05, 4.69) is 10.9 Å². The minimum atomic E-state index is -0.863. The van der Waals surface area contributed by atoms with Gasteiger partial charge in [0, 0.05) is 5.02 Å². The van der Waals surface area contributed by atoms with E-state index >= 15 is 0 Å². The highest BCUT2D eigenvalue weighted by Crippen LogP contribution is 2.30. The second-order valence-electron chi connectivity index (χ2n) is 5.56. The van der Waals surface area contributed by atoms with Gasteiger partial charge in [0.2, 0.25) is 6.10 Å². The molecule has 0 spiro atoms. The number of rotatable bonds is 4. The zero-order chi connectivity index (χ0) is 18.5. The Bertz CT molecular complexity index is 796. The first-order valence-corrected chi connectivity index (χ1v) is 8.31. The SMILES string of the molecule is C[C@H](Oc1ccc(Cl)cc1)C(=O)NNC(=O)[C@H]1COc2ccccc2O1. The number of fused-ring (bicyclic) bond motifs is 1. The fourth-order valence-electron chi connectivity index (χ4n) is 2.22. The van der Waals surface area contributed by atoms with Crippen molar-refractivity contribution in [3.63, 3.8) is 0 Å². The zero-order valence-electron chi connectivity index (χ0n) is 13.9. The predicted octanol–water partition coefficient (Wildman–Crippen LogP) is 2.09. The molecule has 0 unspecified atom stereocenters. The molecule has 2 aromatic carbocycles. The summed E-state index contributed by atoms with van der Waals surface area (Å²) in [5.41, 5.74) is 4.62. The fraction of sp³-hybridized carbons (Fsp3) is 0.222. The first kappa shape index (κ1) is 17.9. The standard InChI is InChI=1S/C18H17ClN2O5/c1-11(25-13-8-6-12(19)7-9-13)17(22)20-21-18(23)16-10-24-14-4-2-3-5-15(14)26-16/h2-9,11,16H,10H2,1H3,(H,20,22)(H,21,23)/t11-,16+/m0/s1. The minimum Gasteiger partial charge on any atom is -0.485 e. The maximum absolute atomic E-state index is 12.1. The van der Waals surface area contributed by atoms with Crippen molar-refractivity contribution in [1.29, 1.82) is 0 Å². The van der Waals surface area contributed by atoms with Crippen molar-refractivity contribution in [3.05, 3.63) is 53.6 Å². The van der Waals surface area contributed by atoms with Crippen LogP contribution in [0.15, 0.2) is 48.5 Å². The van der Waals surface area contributed by atoms with Crippen LogP contribution >= 0.6 is 11.6 Å². The average Bonchev–Trinajstić information content (AvgIpc) is 2.67. The molecule has 2 atom stereocenters. The summed E-state index contributed by atoms with van der Waals surface area (Å²) >= 11 is 5.80. The number of amides is 2. The smallest absolute Gasteiger partial charge is 0.283 e. The first-order chi connectivity index (χ1) is 12.5. The van der Waals surface area contributed by atoms with E-state index in [1.165, 1.54) is 0 Å². The van der Waals surface area contributed by atoms with Crippen molar-refractivity contribution in [1.82, 2.24) is 10.9 Å². The van der Waals surface area contributed by atoms with E-state index in [-0.39, 0.29) is 6.61 Å². The van der Waals surface area contributed by atoms with Gasteiger partial charge in [0.05, 0.1) is 0 Å². The maximum atomic E-state index is 12.1. The highest BCUT2D eigenvalue weighted by atomic mass is 35.5. The third-order valence-electron chi connectivity index (χ3n) is 3.61. The predicted molar refractivity (Wildman–Crippen MR) is 94.2 cm³/mol. The quantitative estimate of drug-likeness (QED) is 0.798. The number of nitrogens with one attached hydrogen (secondary N) is 2. The van der Waals surface area contributed by atoms with E-state index in [9.17, 15) is 9.59 Å². The van der Waals surface area contributed by atoms with Gasteiger partial charge in [0.1, 0.15) is 12.4 Å². The van der Waals surface area contributed by atoms with Crippen molar-refractivity contribution in [2.75, 3.05) is 6.61 Å². The maximum Gasteiger partial charge on any atom is 0.283 e. The molecule has 0 fully saturated rings. The molecule has 26 heavy (non-hydrogen) atoms. The van der Waals surface area contributed by atoms with Crippen LogP contribution in [0.3, 0.4) is 0 Å². The van der Waals surface area contributed by atoms with Gasteiger partial charge in [0.15, 0.2) is 17.6 Å². The normalized spacial score (nSPS) is 16.3. The second kappa shape index (κ2) is 7.97. The number of ether oxygens (including phenoxy) is 3. The Balaban J connectivity index is 1.48. The Morgan fingerprint density at radius 3 is 2.54 bits per heavy atom. The molecule has 1 aliphatic heterocycles. The molecule has 2 aromatic rings. The second-order valence-corrected chi connectivity index (χ2v) is 5.99. The average molecular weight is 377 g/mol. The number of carbonyl (C=O) groups excluding carboxylic acids is 2. The zero-order valence-corrected chi connectivity index (χ0v) is 14.7. The molecule has 2 N–H and O–H groups in total. The molecule has 0 radical (unpaired) electrons. The molecule has 0 aromatic heterocycles. The molecular formula is C18H17ClN2O5. The summed E-state index contributed by atoms with van der Waals surface area (Å²) < 4.78 is 16.5. The van der Waals surface area contributed by atoms with Gasteiger partial charge in [-0.25, -0.2) is 0 Å². The largest absolute Gasteiger partial charge is 0.485 e. The number of benzene rings is 2. The molecule has 7 nitrogen and oxygen atoms in total. The van der Waals surface area contributed by atoms with Crippen molar-refractivity contribution >= 4 is 23.4 Å². The Hall–Kier alpha value is -2.93. The van der Waals surface area contributed by atoms with Gasteiger partial charge >= 0.3 is 0 Å². The molecule has 1 aliphatic rings. The number of hydrazine groups is 1. The molecule has 8 heteroatoms. The lowest BCUT2D eigenvalue weighted by Gasteiger charge is -2.25. The van der Waals surface area contributed by atoms with Crippen LogP contribution in [0.25, 0.3) is 0 Å². The van der Waals surface area contributed by atoms with Crippen molar-refractivity contribution in [3.8, 4) is 17.2 Å². The van der Waals surface area contributed by atoms with Gasteiger partial charge in [-0.05, 0) is 43.3 Å². The Kier molecular flexibility index (Phi) is 5.48. The molecule has 0 saturated heterocycles. The van der Waals surface area contributed by atoms with E-state index in [4.69, 9.17) is 25.8 Å². The summed E-state index contributed by atoms with van der Waals surface area (Å²) in [7, 11) is 0. The van der Waals surface area contributed by atoms with Gasteiger partial charge < -0.3 is 14.2 Å². The first-order valence-electron chi connectivity index (χ1n) is 7.93. The van der Waals surface area contributed by atoms with Crippen molar-refractivity contribution in [2.45, 2.75) is 19.1 Å². The van der Waals surface area contributed by atoms with E-state index in [1.54, 1.807) is 49.4 Å². The monoisotopic (exact) mass is 376 g/mol. The third-order valence-corrected chi connectivity index (χ3v) is 3.86. The number of hydrogen-bond acceptors (Lipinski definition) is 5. The summed E-state index contributed by atoms with van der Waals surface area (Å²) in [6.07, 6.45) is -1.68. The lowest BCUT2D eigenvalue weighted by atomic mass is 10.2. The lowest BCUT2D eigenvalue weighted by molar-refractivity contribution is -0.137. The Labute approximate surface area is 155 Å². The molecule has 3 rings (SSSR count). The van der Waals surface area contributed by atoms with Crippen LogP contribution < -0.4 is 25.1 Å². The molecule has 1 heterocycles. The number of halogens is 1. The van der Waals surface area contributed by atoms with Crippen molar-refractivity contribution in [2.24, 2.45) is 0 Å². The molecular weight excluding hydrogens is 360 g/mol. The topological polar surface area (TPSA) is 85.9 Å². The molecule has 0 saturated carbocycles. The number of para-hydroxylation sites is 2. The summed E-state index contributed by atoms with van der Waals surface area (Å²) in [5, 5.41) is 0.568. The van der Waals surface area contributed by atoms with E-state index < -0.39 is 24.0 Å². The fourth-order valence-corrected chi connectivity index (χ4v) is 2.35. The van der Waals surface area contributed by atoms with Gasteiger partial charge in [0.25, 0.3) is 11.8 Å². The van der Waals surface area contributed by atoms with Crippen LogP contribution in [0.5, 0.6) is 17.2 Å². The van der Waals surface area contributed by atoms with Crippen molar-refractivity contribution < 1.29 is 23.8 Å².